The number of aromatic nitrogens is 1. The van der Waals surface area contributed by atoms with E-state index in [4.69, 9.17) is 0 Å². The number of nitrogens with zero attached hydrogens (tertiary/aromatic N) is 1. The van der Waals surface area contributed by atoms with Crippen molar-refractivity contribution in [2.45, 2.75) is 39.5 Å². The molecule has 3 rings (SSSR count). The van der Waals surface area contributed by atoms with E-state index >= 15 is 0 Å². The van der Waals surface area contributed by atoms with E-state index in [1.165, 1.54) is 24.5 Å². The summed E-state index contributed by atoms with van der Waals surface area (Å²) in [5, 5.41) is 0. The van der Waals surface area contributed by atoms with Gasteiger partial charge >= 0.3 is 0 Å². The zero-order chi connectivity index (χ0) is 17.6. The molecule has 0 saturated heterocycles. The van der Waals surface area contributed by atoms with Crippen molar-refractivity contribution in [3.05, 3.63) is 77.7 Å². The fourth-order valence-electron chi connectivity index (χ4n) is 3.04. The van der Waals surface area contributed by atoms with Crippen LogP contribution in [0.1, 0.15) is 37.3 Å². The van der Waals surface area contributed by atoms with Crippen LogP contribution in [0.2, 0.25) is 0 Å². The molecule has 1 heterocycles. The number of pyridine rings is 1. The molecule has 2 aromatic carbocycles. The second-order valence-electron chi connectivity index (χ2n) is 6.45. The SMILES string of the molecule is CCCCCc1cnc(-c2[c-]cc(C)cc2F)cc1-c1ccccc1.[Ir]. The summed E-state index contributed by atoms with van der Waals surface area (Å²) >= 11 is 0. The third kappa shape index (κ3) is 4.87. The minimum absolute atomic E-state index is 0. The molecule has 0 aliphatic rings. The summed E-state index contributed by atoms with van der Waals surface area (Å²) in [6.45, 7) is 4.07. The molecule has 0 fully saturated rings. The van der Waals surface area contributed by atoms with E-state index in [9.17, 15) is 4.39 Å². The van der Waals surface area contributed by atoms with Crippen LogP contribution >= 0.6 is 0 Å². The molecule has 3 heteroatoms. The Morgan fingerprint density at radius 1 is 1.08 bits per heavy atom. The van der Waals surface area contributed by atoms with Gasteiger partial charge in [-0.3, -0.25) is 4.39 Å². The van der Waals surface area contributed by atoms with Gasteiger partial charge in [0.2, 0.25) is 0 Å². The van der Waals surface area contributed by atoms with Crippen molar-refractivity contribution in [2.75, 3.05) is 0 Å². The summed E-state index contributed by atoms with van der Waals surface area (Å²) < 4.78 is 14.3. The average Bonchev–Trinajstić information content (AvgIpc) is 2.63. The zero-order valence-corrected chi connectivity index (χ0v) is 17.6. The molecule has 3 aromatic rings. The summed E-state index contributed by atoms with van der Waals surface area (Å²) in [5.74, 6) is -0.273. The van der Waals surface area contributed by atoms with Crippen molar-refractivity contribution in [3.63, 3.8) is 0 Å². The largest absolute Gasteiger partial charge is 0.304 e. The molecule has 0 N–H and O–H groups in total. The third-order valence-electron chi connectivity index (χ3n) is 4.41. The second kappa shape index (κ2) is 9.75. The Balaban J connectivity index is 0.00000243. The molecule has 0 amide bonds. The number of benzene rings is 2. The van der Waals surface area contributed by atoms with Crippen LogP contribution in [-0.2, 0) is 26.5 Å². The van der Waals surface area contributed by atoms with Crippen LogP contribution in [0.25, 0.3) is 22.4 Å². The predicted octanol–water partition coefficient (Wildman–Crippen LogP) is 6.39. The molecule has 0 spiro atoms. The maximum Gasteiger partial charge on any atom is 0.0383 e. The molecule has 0 unspecified atom stereocenters. The fraction of sp³-hybridized carbons (Fsp3) is 0.261. The predicted molar refractivity (Wildman–Crippen MR) is 102 cm³/mol. The van der Waals surface area contributed by atoms with Crippen LogP contribution in [0, 0.1) is 18.8 Å². The number of halogens is 1. The van der Waals surface area contributed by atoms with Crippen molar-refractivity contribution in [1.82, 2.24) is 4.98 Å². The van der Waals surface area contributed by atoms with Gasteiger partial charge in [-0.1, -0.05) is 68.7 Å². The first kappa shape index (κ1) is 20.5. The smallest absolute Gasteiger partial charge is 0.0383 e. The van der Waals surface area contributed by atoms with Crippen LogP contribution in [0.5, 0.6) is 0 Å². The summed E-state index contributed by atoms with van der Waals surface area (Å²) in [4.78, 5) is 4.53. The summed E-state index contributed by atoms with van der Waals surface area (Å²) in [5.41, 5.74) is 5.43. The Hall–Kier alpha value is -1.83. The van der Waals surface area contributed by atoms with Gasteiger partial charge < -0.3 is 4.98 Å². The van der Waals surface area contributed by atoms with Crippen LogP contribution < -0.4 is 0 Å². The van der Waals surface area contributed by atoms with E-state index in [0.29, 0.717) is 11.3 Å². The third-order valence-corrected chi connectivity index (χ3v) is 4.41. The molecule has 0 aliphatic carbocycles. The molecule has 26 heavy (non-hydrogen) atoms. The number of rotatable bonds is 6. The first-order valence-corrected chi connectivity index (χ1v) is 8.91. The van der Waals surface area contributed by atoms with E-state index in [1.807, 2.05) is 37.4 Å². The Morgan fingerprint density at radius 2 is 1.85 bits per heavy atom. The van der Waals surface area contributed by atoms with Gasteiger partial charge in [-0.05, 0) is 35.2 Å². The van der Waals surface area contributed by atoms with Gasteiger partial charge in [0, 0.05) is 32.1 Å². The number of unbranched alkanes of at least 4 members (excludes halogenated alkanes) is 2. The van der Waals surface area contributed by atoms with Crippen LogP contribution in [0.4, 0.5) is 4.39 Å². The van der Waals surface area contributed by atoms with Gasteiger partial charge in [0.15, 0.2) is 0 Å². The van der Waals surface area contributed by atoms with E-state index in [2.05, 4.69) is 30.1 Å². The molecule has 1 radical (unpaired) electrons. The average molecular weight is 525 g/mol. The number of hydrogen-bond donors (Lipinski definition) is 0. The van der Waals surface area contributed by atoms with E-state index in [1.54, 1.807) is 6.07 Å². The van der Waals surface area contributed by atoms with Gasteiger partial charge in [-0.15, -0.1) is 23.8 Å². The Morgan fingerprint density at radius 3 is 2.54 bits per heavy atom. The molecule has 137 valence electrons. The monoisotopic (exact) mass is 525 g/mol. The molecule has 0 atom stereocenters. The van der Waals surface area contributed by atoms with Gasteiger partial charge in [0.25, 0.3) is 0 Å². The van der Waals surface area contributed by atoms with Gasteiger partial charge in [-0.2, -0.15) is 0 Å². The first-order chi connectivity index (χ1) is 12.2. The van der Waals surface area contributed by atoms with Crippen LogP contribution in [0.3, 0.4) is 0 Å². The minimum Gasteiger partial charge on any atom is -0.304 e. The second-order valence-corrected chi connectivity index (χ2v) is 6.45. The summed E-state index contributed by atoms with van der Waals surface area (Å²) in [6, 6.07) is 18.6. The van der Waals surface area contributed by atoms with E-state index in [0.717, 1.165) is 29.5 Å². The molecule has 0 aliphatic heterocycles. The normalized spacial score (nSPS) is 10.4. The number of aryl methyl sites for hydroxylation is 2. The minimum atomic E-state index is -0.273. The van der Waals surface area contributed by atoms with Crippen LogP contribution in [0.15, 0.2) is 54.7 Å². The van der Waals surface area contributed by atoms with Gasteiger partial charge in [-0.25, -0.2) is 0 Å². The zero-order valence-electron chi connectivity index (χ0n) is 15.2. The molecule has 0 saturated carbocycles. The van der Waals surface area contributed by atoms with E-state index in [-0.39, 0.29) is 25.9 Å². The topological polar surface area (TPSA) is 12.9 Å². The fourth-order valence-corrected chi connectivity index (χ4v) is 3.04. The molecule has 1 aromatic heterocycles. The van der Waals surface area contributed by atoms with Crippen molar-refractivity contribution in [2.24, 2.45) is 0 Å². The van der Waals surface area contributed by atoms with Gasteiger partial charge in [0.05, 0.1) is 0 Å². The van der Waals surface area contributed by atoms with Crippen molar-refractivity contribution in [3.8, 4) is 22.4 Å². The maximum absolute atomic E-state index is 14.3. The van der Waals surface area contributed by atoms with Crippen LogP contribution in [-0.4, -0.2) is 4.98 Å². The van der Waals surface area contributed by atoms with Crippen molar-refractivity contribution in [1.29, 1.82) is 0 Å². The summed E-state index contributed by atoms with van der Waals surface area (Å²) in [7, 11) is 0. The van der Waals surface area contributed by atoms with Gasteiger partial charge in [0.1, 0.15) is 0 Å². The first-order valence-electron chi connectivity index (χ1n) is 8.91. The molecule has 0 bridgehead atoms. The van der Waals surface area contributed by atoms with E-state index < -0.39 is 0 Å². The number of hydrogen-bond acceptors (Lipinski definition) is 1. The Labute approximate surface area is 169 Å². The standard InChI is InChI=1S/C23H23FN.Ir/c1-3-4-6-11-19-16-25-23(20-13-12-17(2)14-22(20)24)15-21(19)18-9-7-5-8-10-18;/h5,7-10,12,14-16H,3-4,6,11H2,1-2H3;/q-1;. The Kier molecular flexibility index (Phi) is 7.68. The molecular weight excluding hydrogens is 501 g/mol. The summed E-state index contributed by atoms with van der Waals surface area (Å²) in [6.07, 6.45) is 6.43. The molecular formula is C23H23FIrN-. The van der Waals surface area contributed by atoms with Crippen molar-refractivity contribution < 1.29 is 24.5 Å². The molecule has 1 nitrogen and oxygen atoms in total. The van der Waals surface area contributed by atoms with Crippen molar-refractivity contribution >= 4 is 0 Å². The maximum atomic E-state index is 14.3. The quantitative estimate of drug-likeness (QED) is 0.269. The Bertz CT molecular complexity index is 846.